The Balaban J connectivity index is 1.58. The third kappa shape index (κ3) is 1.58. The molecule has 0 saturated carbocycles. The average molecular weight is 285 g/mol. The number of ether oxygens (including phenoxy) is 3. The molecular formula is C16H15NO4. The highest BCUT2D eigenvalue weighted by Crippen LogP contribution is 2.45. The van der Waals surface area contributed by atoms with Crippen LogP contribution in [-0.2, 0) is 16.0 Å². The average Bonchev–Trinajstić information content (AvgIpc) is 3.10. The van der Waals surface area contributed by atoms with E-state index >= 15 is 0 Å². The first-order chi connectivity index (χ1) is 10.3. The second-order valence-corrected chi connectivity index (χ2v) is 6.00. The maximum absolute atomic E-state index is 11.7. The molecular weight excluding hydrogens is 270 g/mol. The molecule has 0 bridgehead atoms. The normalized spacial score (nSPS) is 26.3. The number of esters is 1. The molecule has 0 amide bonds. The maximum Gasteiger partial charge on any atom is 0.335 e. The summed E-state index contributed by atoms with van der Waals surface area (Å²) in [7, 11) is 0. The largest absolute Gasteiger partial charge is 0.458 e. The number of cyclic esters (lactones) is 1. The Kier molecular flexibility index (Phi) is 2.22. The lowest BCUT2D eigenvalue weighted by molar-refractivity contribution is -0.136. The van der Waals surface area contributed by atoms with Crippen molar-refractivity contribution >= 4 is 5.97 Å². The van der Waals surface area contributed by atoms with Crippen LogP contribution in [-0.4, -0.2) is 37.4 Å². The van der Waals surface area contributed by atoms with Crippen LogP contribution in [0.5, 0.6) is 11.5 Å². The standard InChI is InChI=1S/C16H15NO4/c18-16-12-6-17-2-1-9-4-14-15(21-8-20-14)5-11(9)13(17)3-10(12)7-19-16/h4-5,13H,1-3,6-8H2. The summed E-state index contributed by atoms with van der Waals surface area (Å²) in [4.78, 5) is 14.1. The fourth-order valence-corrected chi connectivity index (χ4v) is 3.84. The Morgan fingerprint density at radius 2 is 2.00 bits per heavy atom. The van der Waals surface area contributed by atoms with Crippen LogP contribution < -0.4 is 9.47 Å². The van der Waals surface area contributed by atoms with Crippen molar-refractivity contribution in [1.82, 2.24) is 4.90 Å². The molecule has 0 aromatic heterocycles. The Morgan fingerprint density at radius 1 is 1.14 bits per heavy atom. The van der Waals surface area contributed by atoms with E-state index in [-0.39, 0.29) is 5.97 Å². The first kappa shape index (κ1) is 11.6. The second-order valence-electron chi connectivity index (χ2n) is 6.00. The Hall–Kier alpha value is -2.01. The van der Waals surface area contributed by atoms with Crippen molar-refractivity contribution in [3.8, 4) is 11.5 Å². The number of hydrogen-bond donors (Lipinski definition) is 0. The van der Waals surface area contributed by atoms with Gasteiger partial charge in [0.2, 0.25) is 6.79 Å². The molecule has 1 unspecified atom stereocenters. The quantitative estimate of drug-likeness (QED) is 0.677. The van der Waals surface area contributed by atoms with Gasteiger partial charge in [-0.3, -0.25) is 4.90 Å². The van der Waals surface area contributed by atoms with Crippen LogP contribution in [0.25, 0.3) is 0 Å². The molecule has 1 atom stereocenters. The van der Waals surface area contributed by atoms with Gasteiger partial charge in [0.05, 0.1) is 5.57 Å². The van der Waals surface area contributed by atoms with Crippen LogP contribution in [0.1, 0.15) is 23.6 Å². The lowest BCUT2D eigenvalue weighted by Gasteiger charge is -2.40. The van der Waals surface area contributed by atoms with Crippen molar-refractivity contribution in [2.24, 2.45) is 0 Å². The summed E-state index contributed by atoms with van der Waals surface area (Å²) in [6, 6.07) is 4.57. The van der Waals surface area contributed by atoms with Crippen molar-refractivity contribution in [3.63, 3.8) is 0 Å². The van der Waals surface area contributed by atoms with Gasteiger partial charge in [-0.05, 0) is 41.7 Å². The molecule has 21 heavy (non-hydrogen) atoms. The van der Waals surface area contributed by atoms with Gasteiger partial charge < -0.3 is 14.2 Å². The fourth-order valence-electron chi connectivity index (χ4n) is 3.84. The number of nitrogens with zero attached hydrogens (tertiary/aromatic N) is 1. The number of carbonyl (C=O) groups excluding carboxylic acids is 1. The van der Waals surface area contributed by atoms with E-state index in [0.29, 0.717) is 26.0 Å². The van der Waals surface area contributed by atoms with E-state index in [0.717, 1.165) is 36.5 Å². The van der Waals surface area contributed by atoms with Gasteiger partial charge in [-0.25, -0.2) is 4.79 Å². The van der Waals surface area contributed by atoms with Gasteiger partial charge in [-0.15, -0.1) is 0 Å². The third-order valence-corrected chi connectivity index (χ3v) is 4.95. The van der Waals surface area contributed by atoms with Crippen LogP contribution in [0.3, 0.4) is 0 Å². The highest BCUT2D eigenvalue weighted by Gasteiger charge is 2.39. The van der Waals surface area contributed by atoms with E-state index in [1.165, 1.54) is 16.7 Å². The number of benzene rings is 1. The van der Waals surface area contributed by atoms with E-state index in [9.17, 15) is 4.79 Å². The van der Waals surface area contributed by atoms with E-state index in [1.54, 1.807) is 0 Å². The van der Waals surface area contributed by atoms with Crippen LogP contribution in [0.4, 0.5) is 0 Å². The van der Waals surface area contributed by atoms with Gasteiger partial charge in [-0.1, -0.05) is 0 Å². The van der Waals surface area contributed by atoms with E-state index < -0.39 is 0 Å². The van der Waals surface area contributed by atoms with Crippen molar-refractivity contribution in [3.05, 3.63) is 34.4 Å². The number of hydrogen-bond acceptors (Lipinski definition) is 5. The van der Waals surface area contributed by atoms with Gasteiger partial charge in [0, 0.05) is 19.1 Å². The van der Waals surface area contributed by atoms with E-state index in [4.69, 9.17) is 14.2 Å². The highest BCUT2D eigenvalue weighted by molar-refractivity contribution is 5.92. The Labute approximate surface area is 122 Å². The fraction of sp³-hybridized carbons (Fsp3) is 0.438. The Bertz CT molecular complexity index is 694. The molecule has 4 aliphatic heterocycles. The van der Waals surface area contributed by atoms with Gasteiger partial charge in [-0.2, -0.15) is 0 Å². The molecule has 4 aliphatic rings. The zero-order valence-electron chi connectivity index (χ0n) is 11.6. The molecule has 0 spiro atoms. The minimum absolute atomic E-state index is 0.125. The molecule has 1 aromatic carbocycles. The zero-order valence-corrected chi connectivity index (χ0v) is 11.6. The molecule has 1 aromatic rings. The molecule has 5 rings (SSSR count). The van der Waals surface area contributed by atoms with Gasteiger partial charge in [0.15, 0.2) is 11.5 Å². The van der Waals surface area contributed by atoms with Crippen molar-refractivity contribution < 1.29 is 19.0 Å². The minimum Gasteiger partial charge on any atom is -0.458 e. The molecule has 4 heterocycles. The lowest BCUT2D eigenvalue weighted by Crippen LogP contribution is -2.40. The topological polar surface area (TPSA) is 48.0 Å². The summed E-state index contributed by atoms with van der Waals surface area (Å²) in [5.74, 6) is 1.58. The van der Waals surface area contributed by atoms with Crippen LogP contribution in [0.15, 0.2) is 23.3 Å². The molecule has 108 valence electrons. The zero-order chi connectivity index (χ0) is 14.0. The number of carbonyl (C=O) groups is 1. The van der Waals surface area contributed by atoms with Gasteiger partial charge in [0.25, 0.3) is 0 Å². The predicted octanol–water partition coefficient (Wildman–Crippen LogP) is 1.57. The number of fused-ring (bicyclic) bond motifs is 4. The maximum atomic E-state index is 11.7. The molecule has 5 heteroatoms. The van der Waals surface area contributed by atoms with Gasteiger partial charge >= 0.3 is 5.97 Å². The highest BCUT2D eigenvalue weighted by atomic mass is 16.7. The first-order valence-corrected chi connectivity index (χ1v) is 7.34. The lowest BCUT2D eigenvalue weighted by atomic mass is 9.84. The molecule has 0 aliphatic carbocycles. The summed E-state index contributed by atoms with van der Waals surface area (Å²) in [6.07, 6.45) is 1.87. The smallest absolute Gasteiger partial charge is 0.335 e. The molecule has 0 N–H and O–H groups in total. The van der Waals surface area contributed by atoms with Crippen molar-refractivity contribution in [2.75, 3.05) is 26.5 Å². The molecule has 0 fully saturated rings. The molecule has 5 nitrogen and oxygen atoms in total. The SMILES string of the molecule is O=C1OCC2=C1CN1CCc3cc4c(cc3C1C2)OCO4. The summed E-state index contributed by atoms with van der Waals surface area (Å²) in [6.45, 7) is 2.47. The van der Waals surface area contributed by atoms with Crippen LogP contribution in [0.2, 0.25) is 0 Å². The van der Waals surface area contributed by atoms with Crippen LogP contribution >= 0.6 is 0 Å². The summed E-state index contributed by atoms with van der Waals surface area (Å²) >= 11 is 0. The van der Waals surface area contributed by atoms with E-state index in [1.807, 2.05) is 0 Å². The second kappa shape index (κ2) is 4.01. The monoisotopic (exact) mass is 285 g/mol. The minimum atomic E-state index is -0.125. The first-order valence-electron chi connectivity index (χ1n) is 7.34. The van der Waals surface area contributed by atoms with Crippen molar-refractivity contribution in [1.29, 1.82) is 0 Å². The molecule has 0 radical (unpaired) electrons. The summed E-state index contributed by atoms with van der Waals surface area (Å²) in [5, 5.41) is 0. The predicted molar refractivity (Wildman–Crippen MR) is 73.2 cm³/mol. The van der Waals surface area contributed by atoms with E-state index in [2.05, 4.69) is 17.0 Å². The van der Waals surface area contributed by atoms with Crippen LogP contribution in [0, 0.1) is 0 Å². The number of rotatable bonds is 0. The van der Waals surface area contributed by atoms with Crippen molar-refractivity contribution in [2.45, 2.75) is 18.9 Å². The third-order valence-electron chi connectivity index (χ3n) is 4.95. The molecule has 0 saturated heterocycles. The Morgan fingerprint density at radius 3 is 2.90 bits per heavy atom. The summed E-state index contributed by atoms with van der Waals surface area (Å²) in [5.41, 5.74) is 4.72. The summed E-state index contributed by atoms with van der Waals surface area (Å²) < 4.78 is 16.2. The van der Waals surface area contributed by atoms with Gasteiger partial charge in [0.1, 0.15) is 6.61 Å².